The Kier molecular flexibility index (Phi) is 3.87. The molecule has 4 N–H and O–H groups in total. The summed E-state index contributed by atoms with van der Waals surface area (Å²) in [5.74, 6) is 0.730. The number of nitrogens with zero attached hydrogens (tertiary/aromatic N) is 1. The summed E-state index contributed by atoms with van der Waals surface area (Å²) in [7, 11) is 1.54. The highest BCUT2D eigenvalue weighted by atomic mass is 32.1. The van der Waals surface area contributed by atoms with Gasteiger partial charge in [0.1, 0.15) is 11.5 Å². The van der Waals surface area contributed by atoms with Crippen molar-refractivity contribution in [3.63, 3.8) is 0 Å². The van der Waals surface area contributed by atoms with Crippen molar-refractivity contribution < 1.29 is 9.84 Å². The number of hydrogen-bond donors (Lipinski definition) is 3. The third-order valence-corrected chi connectivity index (χ3v) is 1.70. The van der Waals surface area contributed by atoms with Crippen LogP contribution < -0.4 is 15.9 Å². The molecule has 0 fully saturated rings. The average Bonchev–Trinajstić information content (AvgIpc) is 2.20. The lowest BCUT2D eigenvalue weighted by Gasteiger charge is -2.02. The fraction of sp³-hybridized carbons (Fsp3) is 0.111. The normalized spacial score (nSPS) is 10.2. The van der Waals surface area contributed by atoms with Crippen molar-refractivity contribution in [1.29, 1.82) is 0 Å². The van der Waals surface area contributed by atoms with Gasteiger partial charge in [0.25, 0.3) is 0 Å². The van der Waals surface area contributed by atoms with Gasteiger partial charge in [-0.25, -0.2) is 0 Å². The number of rotatable bonds is 3. The van der Waals surface area contributed by atoms with E-state index >= 15 is 0 Å². The number of aromatic hydroxyl groups is 1. The van der Waals surface area contributed by atoms with Crippen LogP contribution in [-0.4, -0.2) is 23.5 Å². The number of thiocarbonyl (C=S) groups is 1. The summed E-state index contributed by atoms with van der Waals surface area (Å²) in [6.07, 6.45) is 1.40. The lowest BCUT2D eigenvalue weighted by atomic mass is 10.2. The van der Waals surface area contributed by atoms with E-state index in [9.17, 15) is 5.11 Å². The van der Waals surface area contributed by atoms with Crippen molar-refractivity contribution in [2.45, 2.75) is 0 Å². The van der Waals surface area contributed by atoms with Crippen LogP contribution in [0.5, 0.6) is 11.5 Å². The molecule has 15 heavy (non-hydrogen) atoms. The first-order chi connectivity index (χ1) is 7.13. The van der Waals surface area contributed by atoms with Crippen molar-refractivity contribution in [2.75, 3.05) is 7.11 Å². The Bertz CT molecular complexity index is 393. The topological polar surface area (TPSA) is 79.9 Å². The third-order valence-electron chi connectivity index (χ3n) is 1.61. The van der Waals surface area contributed by atoms with E-state index in [1.165, 1.54) is 12.3 Å². The molecular weight excluding hydrogens is 214 g/mol. The Morgan fingerprint density at radius 2 is 2.40 bits per heavy atom. The van der Waals surface area contributed by atoms with Gasteiger partial charge in [-0.15, -0.1) is 0 Å². The molecule has 0 heterocycles. The van der Waals surface area contributed by atoms with Gasteiger partial charge in [-0.2, -0.15) is 5.10 Å². The minimum Gasteiger partial charge on any atom is -0.507 e. The maximum absolute atomic E-state index is 9.46. The van der Waals surface area contributed by atoms with Crippen molar-refractivity contribution >= 4 is 23.5 Å². The van der Waals surface area contributed by atoms with E-state index in [2.05, 4.69) is 22.7 Å². The van der Waals surface area contributed by atoms with E-state index in [1.54, 1.807) is 19.2 Å². The van der Waals surface area contributed by atoms with Gasteiger partial charge in [0, 0.05) is 5.56 Å². The van der Waals surface area contributed by atoms with Gasteiger partial charge in [0.2, 0.25) is 0 Å². The molecule has 0 aromatic heterocycles. The molecule has 0 saturated carbocycles. The zero-order chi connectivity index (χ0) is 11.3. The number of ether oxygens (including phenoxy) is 1. The summed E-state index contributed by atoms with van der Waals surface area (Å²) >= 11 is 4.56. The van der Waals surface area contributed by atoms with Crippen LogP contribution in [0.15, 0.2) is 23.3 Å². The summed E-state index contributed by atoms with van der Waals surface area (Å²) in [5, 5.41) is 13.2. The van der Waals surface area contributed by atoms with Crippen molar-refractivity contribution in [3.05, 3.63) is 23.8 Å². The number of nitrogens with two attached hydrogens (primary N) is 1. The maximum Gasteiger partial charge on any atom is 0.184 e. The number of nitrogens with one attached hydrogen (secondary N) is 1. The third kappa shape index (κ3) is 3.43. The van der Waals surface area contributed by atoms with Crippen molar-refractivity contribution in [3.8, 4) is 11.5 Å². The van der Waals surface area contributed by atoms with Gasteiger partial charge in [-0.3, -0.25) is 5.43 Å². The Morgan fingerprint density at radius 1 is 1.67 bits per heavy atom. The van der Waals surface area contributed by atoms with Crippen LogP contribution in [0.3, 0.4) is 0 Å². The van der Waals surface area contributed by atoms with Gasteiger partial charge in [0.05, 0.1) is 13.3 Å². The second-order valence-corrected chi connectivity index (χ2v) is 3.10. The molecule has 0 unspecified atom stereocenters. The SMILES string of the molecule is COc1ccc(O)c(C=NNC(N)=S)c1. The molecule has 0 aliphatic carbocycles. The van der Waals surface area contributed by atoms with Gasteiger partial charge in [-0.1, -0.05) is 0 Å². The monoisotopic (exact) mass is 225 g/mol. The standard InChI is InChI=1S/C9H11N3O2S/c1-14-7-2-3-8(13)6(4-7)5-11-12-9(10)15/h2-5,13H,1H3,(H3,10,12,15). The zero-order valence-electron chi connectivity index (χ0n) is 8.10. The van der Waals surface area contributed by atoms with Crippen molar-refractivity contribution in [1.82, 2.24) is 5.43 Å². The highest BCUT2D eigenvalue weighted by molar-refractivity contribution is 7.80. The zero-order valence-corrected chi connectivity index (χ0v) is 8.91. The predicted octanol–water partition coefficient (Wildman–Crippen LogP) is 0.568. The summed E-state index contributed by atoms with van der Waals surface area (Å²) in [6, 6.07) is 4.80. The Labute approximate surface area is 92.5 Å². The molecule has 80 valence electrons. The van der Waals surface area contributed by atoms with Crippen LogP contribution in [-0.2, 0) is 0 Å². The van der Waals surface area contributed by atoms with Crippen LogP contribution >= 0.6 is 12.2 Å². The Balaban J connectivity index is 2.83. The van der Waals surface area contributed by atoms with E-state index in [1.807, 2.05) is 0 Å². The predicted molar refractivity (Wildman–Crippen MR) is 62.2 cm³/mol. The highest BCUT2D eigenvalue weighted by Gasteiger charge is 1.99. The average molecular weight is 225 g/mol. The van der Waals surface area contributed by atoms with Gasteiger partial charge < -0.3 is 15.6 Å². The minimum absolute atomic E-state index is 0.0636. The molecule has 5 nitrogen and oxygen atoms in total. The second kappa shape index (κ2) is 5.16. The summed E-state index contributed by atoms with van der Waals surface area (Å²) < 4.78 is 4.99. The number of phenolic OH excluding ortho intramolecular Hbond substituents is 1. The van der Waals surface area contributed by atoms with Crippen LogP contribution in [0.2, 0.25) is 0 Å². The quantitative estimate of drug-likeness (QED) is 0.398. The highest BCUT2D eigenvalue weighted by Crippen LogP contribution is 2.20. The molecule has 0 spiro atoms. The largest absolute Gasteiger partial charge is 0.507 e. The number of methoxy groups -OCH3 is 1. The molecule has 0 amide bonds. The fourth-order valence-electron chi connectivity index (χ4n) is 0.928. The van der Waals surface area contributed by atoms with E-state index in [4.69, 9.17) is 10.5 Å². The summed E-state index contributed by atoms with van der Waals surface area (Å²) in [5.41, 5.74) is 8.07. The molecule has 0 aliphatic heterocycles. The smallest absolute Gasteiger partial charge is 0.184 e. The minimum atomic E-state index is 0.0636. The van der Waals surface area contributed by atoms with E-state index in [0.29, 0.717) is 11.3 Å². The van der Waals surface area contributed by atoms with Crippen LogP contribution in [0.1, 0.15) is 5.56 Å². The molecule has 0 bridgehead atoms. The van der Waals surface area contributed by atoms with E-state index in [0.717, 1.165) is 0 Å². The Hall–Kier alpha value is -1.82. The van der Waals surface area contributed by atoms with E-state index in [-0.39, 0.29) is 10.9 Å². The fourth-order valence-corrected chi connectivity index (χ4v) is 0.981. The first-order valence-corrected chi connectivity index (χ1v) is 4.50. The Morgan fingerprint density at radius 3 is 3.00 bits per heavy atom. The second-order valence-electron chi connectivity index (χ2n) is 2.66. The molecule has 0 saturated heterocycles. The van der Waals surface area contributed by atoms with Gasteiger partial charge in [-0.05, 0) is 30.4 Å². The summed E-state index contributed by atoms with van der Waals surface area (Å²) in [4.78, 5) is 0. The maximum atomic E-state index is 9.46. The van der Waals surface area contributed by atoms with Crippen LogP contribution in [0.4, 0.5) is 0 Å². The van der Waals surface area contributed by atoms with Gasteiger partial charge >= 0.3 is 0 Å². The molecule has 1 rings (SSSR count). The lowest BCUT2D eigenvalue weighted by molar-refractivity contribution is 0.412. The number of hydrazone groups is 1. The lowest BCUT2D eigenvalue weighted by Crippen LogP contribution is -2.23. The molecule has 1 aromatic carbocycles. The molecule has 0 aliphatic rings. The first-order valence-electron chi connectivity index (χ1n) is 4.09. The van der Waals surface area contributed by atoms with E-state index < -0.39 is 0 Å². The molecule has 0 atom stereocenters. The van der Waals surface area contributed by atoms with Gasteiger partial charge in [0.15, 0.2) is 5.11 Å². The molecule has 6 heteroatoms. The molecule has 1 aromatic rings. The number of hydrogen-bond acceptors (Lipinski definition) is 4. The first kappa shape index (κ1) is 11.3. The number of phenols is 1. The molecular formula is C9H11N3O2S. The van der Waals surface area contributed by atoms with Crippen molar-refractivity contribution in [2.24, 2.45) is 10.8 Å². The van der Waals surface area contributed by atoms with Crippen LogP contribution in [0, 0.1) is 0 Å². The van der Waals surface area contributed by atoms with Crippen LogP contribution in [0.25, 0.3) is 0 Å². The molecule has 0 radical (unpaired) electrons. The summed E-state index contributed by atoms with van der Waals surface area (Å²) in [6.45, 7) is 0. The number of benzene rings is 1.